The predicted octanol–water partition coefficient (Wildman–Crippen LogP) is 1.84. The second kappa shape index (κ2) is 5.21. The highest BCUT2D eigenvalue weighted by Crippen LogP contribution is 2.25. The molecule has 0 bridgehead atoms. The van der Waals surface area contributed by atoms with E-state index in [9.17, 15) is 0 Å². The van der Waals surface area contributed by atoms with Crippen molar-refractivity contribution in [2.45, 2.75) is 32.1 Å². The van der Waals surface area contributed by atoms with Crippen LogP contribution in [0.1, 0.15) is 19.0 Å². The summed E-state index contributed by atoms with van der Waals surface area (Å²) in [6.07, 6.45) is 1.20. The van der Waals surface area contributed by atoms with Crippen molar-refractivity contribution in [2.75, 3.05) is 18.6 Å². The van der Waals surface area contributed by atoms with Gasteiger partial charge in [-0.15, -0.1) is 0 Å². The van der Waals surface area contributed by atoms with Crippen molar-refractivity contribution in [1.82, 2.24) is 4.98 Å². The highest BCUT2D eigenvalue weighted by molar-refractivity contribution is 6.31. The summed E-state index contributed by atoms with van der Waals surface area (Å²) < 4.78 is 5.54. The van der Waals surface area contributed by atoms with Gasteiger partial charge in [-0.1, -0.05) is 11.6 Å². The molecule has 2 heterocycles. The zero-order valence-electron chi connectivity index (χ0n) is 10.1. The maximum absolute atomic E-state index is 9.15. The van der Waals surface area contributed by atoms with E-state index in [4.69, 9.17) is 21.4 Å². The second-order valence-corrected chi connectivity index (χ2v) is 4.71. The summed E-state index contributed by atoms with van der Waals surface area (Å²) in [5.41, 5.74) is 0.516. The molecular weight excluding hydrogens is 240 g/mol. The Morgan fingerprint density at radius 3 is 2.94 bits per heavy atom. The lowest BCUT2D eigenvalue weighted by molar-refractivity contribution is 0.118. The Hall–Kier alpha value is -0.840. The number of hydrogen-bond acceptors (Lipinski definition) is 4. The van der Waals surface area contributed by atoms with Crippen LogP contribution in [-0.4, -0.2) is 35.9 Å². The van der Waals surface area contributed by atoms with Crippen molar-refractivity contribution < 1.29 is 9.84 Å². The molecule has 1 fully saturated rings. The minimum Gasteiger partial charge on any atom is -0.390 e. The summed E-state index contributed by atoms with van der Waals surface area (Å²) in [5.74, 6) is 0.820. The fraction of sp³-hybridized carbons (Fsp3) is 0.583. The first-order valence-corrected chi connectivity index (χ1v) is 6.12. The number of aliphatic hydroxyl groups excluding tert-OH is 1. The lowest BCUT2D eigenvalue weighted by Crippen LogP contribution is -2.37. The van der Waals surface area contributed by atoms with Crippen molar-refractivity contribution in [1.29, 1.82) is 0 Å². The third-order valence-electron chi connectivity index (χ3n) is 3.25. The van der Waals surface area contributed by atoms with Gasteiger partial charge in [0.05, 0.1) is 29.5 Å². The number of aliphatic hydroxyl groups is 1. The average Bonchev–Trinajstić information content (AvgIpc) is 2.75. The first kappa shape index (κ1) is 12.6. The van der Waals surface area contributed by atoms with Crippen LogP contribution in [0.3, 0.4) is 0 Å². The number of rotatable bonds is 3. The zero-order valence-corrected chi connectivity index (χ0v) is 10.8. The Balaban J connectivity index is 2.21. The molecule has 2 rings (SSSR count). The molecule has 17 heavy (non-hydrogen) atoms. The quantitative estimate of drug-likeness (QED) is 0.897. The summed E-state index contributed by atoms with van der Waals surface area (Å²) in [5, 5.41) is 9.65. The van der Waals surface area contributed by atoms with Crippen LogP contribution in [-0.2, 0) is 11.3 Å². The number of pyridine rings is 1. The van der Waals surface area contributed by atoms with Crippen LogP contribution in [0.25, 0.3) is 0 Å². The maximum atomic E-state index is 9.15. The van der Waals surface area contributed by atoms with Gasteiger partial charge >= 0.3 is 0 Å². The van der Waals surface area contributed by atoms with Crippen molar-refractivity contribution >= 4 is 17.4 Å². The second-order valence-electron chi connectivity index (χ2n) is 4.30. The Kier molecular flexibility index (Phi) is 3.86. The first-order chi connectivity index (χ1) is 8.13. The van der Waals surface area contributed by atoms with Gasteiger partial charge in [0.2, 0.25) is 0 Å². The largest absolute Gasteiger partial charge is 0.390 e. The van der Waals surface area contributed by atoms with Crippen LogP contribution < -0.4 is 4.90 Å². The van der Waals surface area contributed by atoms with Gasteiger partial charge in [0.15, 0.2) is 0 Å². The number of nitrogens with zero attached hydrogens (tertiary/aromatic N) is 2. The molecule has 0 spiro atoms. The number of halogens is 1. The predicted molar refractivity (Wildman–Crippen MR) is 67.4 cm³/mol. The number of aromatic nitrogens is 1. The summed E-state index contributed by atoms with van der Waals surface area (Å²) in [7, 11) is 1.99. The van der Waals surface area contributed by atoms with Gasteiger partial charge in [0.25, 0.3) is 0 Å². The SMILES string of the molecule is CC1OCCC1N(C)c1ccc(Cl)c(CO)n1. The number of ether oxygens (including phenoxy) is 1. The lowest BCUT2D eigenvalue weighted by atomic mass is 10.1. The molecule has 1 aromatic rings. The molecule has 94 valence electrons. The molecule has 5 heteroatoms. The van der Waals surface area contributed by atoms with Gasteiger partial charge in [-0.2, -0.15) is 0 Å². The van der Waals surface area contributed by atoms with Crippen LogP contribution in [0.5, 0.6) is 0 Å². The third kappa shape index (κ3) is 2.54. The van der Waals surface area contributed by atoms with Gasteiger partial charge in [-0.05, 0) is 25.5 Å². The molecule has 1 aliphatic rings. The molecule has 0 saturated carbocycles. The van der Waals surface area contributed by atoms with E-state index in [0.29, 0.717) is 16.8 Å². The van der Waals surface area contributed by atoms with E-state index in [1.54, 1.807) is 6.07 Å². The summed E-state index contributed by atoms with van der Waals surface area (Å²) in [4.78, 5) is 6.45. The highest BCUT2D eigenvalue weighted by atomic mass is 35.5. The van der Waals surface area contributed by atoms with Gasteiger partial charge < -0.3 is 14.7 Å². The van der Waals surface area contributed by atoms with E-state index < -0.39 is 0 Å². The fourth-order valence-electron chi connectivity index (χ4n) is 2.18. The summed E-state index contributed by atoms with van der Waals surface area (Å²) >= 11 is 5.92. The van der Waals surface area contributed by atoms with E-state index >= 15 is 0 Å². The van der Waals surface area contributed by atoms with Crippen LogP contribution in [0, 0.1) is 0 Å². The number of likely N-dealkylation sites (N-methyl/N-ethyl adjacent to an activating group) is 1. The van der Waals surface area contributed by atoms with Crippen LogP contribution in [0.15, 0.2) is 12.1 Å². The van der Waals surface area contributed by atoms with E-state index in [1.807, 2.05) is 13.1 Å². The van der Waals surface area contributed by atoms with Gasteiger partial charge in [-0.25, -0.2) is 4.98 Å². The van der Waals surface area contributed by atoms with Crippen LogP contribution in [0.4, 0.5) is 5.82 Å². The molecule has 1 saturated heterocycles. The van der Waals surface area contributed by atoms with Gasteiger partial charge in [0, 0.05) is 13.7 Å². The smallest absolute Gasteiger partial charge is 0.129 e. The number of anilines is 1. The van der Waals surface area contributed by atoms with Gasteiger partial charge in [-0.3, -0.25) is 0 Å². The standard InChI is InChI=1S/C12H17ClN2O2/c1-8-11(5-6-17-8)15(2)12-4-3-9(13)10(7-16)14-12/h3-4,8,11,16H,5-7H2,1-2H3. The topological polar surface area (TPSA) is 45.6 Å². The van der Waals surface area contributed by atoms with Crippen molar-refractivity contribution in [3.05, 3.63) is 22.8 Å². The van der Waals surface area contributed by atoms with Gasteiger partial charge in [0.1, 0.15) is 5.82 Å². The van der Waals surface area contributed by atoms with E-state index in [2.05, 4.69) is 16.8 Å². The minimum absolute atomic E-state index is 0.142. The molecule has 1 aliphatic heterocycles. The Morgan fingerprint density at radius 2 is 2.35 bits per heavy atom. The molecule has 0 amide bonds. The van der Waals surface area contributed by atoms with Crippen molar-refractivity contribution in [2.24, 2.45) is 0 Å². The van der Waals surface area contributed by atoms with E-state index in [0.717, 1.165) is 18.8 Å². The normalized spacial score (nSPS) is 24.0. The third-order valence-corrected chi connectivity index (χ3v) is 3.59. The zero-order chi connectivity index (χ0) is 12.4. The molecule has 2 unspecified atom stereocenters. The van der Waals surface area contributed by atoms with Crippen LogP contribution in [0.2, 0.25) is 5.02 Å². The van der Waals surface area contributed by atoms with Crippen LogP contribution >= 0.6 is 11.6 Å². The minimum atomic E-state index is -0.142. The maximum Gasteiger partial charge on any atom is 0.129 e. The lowest BCUT2D eigenvalue weighted by Gasteiger charge is -2.28. The average molecular weight is 257 g/mol. The summed E-state index contributed by atoms with van der Waals surface area (Å²) in [6.45, 7) is 2.71. The van der Waals surface area contributed by atoms with Crippen molar-refractivity contribution in [3.63, 3.8) is 0 Å². The molecule has 0 radical (unpaired) electrons. The Labute approximate surface area is 106 Å². The molecule has 0 aliphatic carbocycles. The highest BCUT2D eigenvalue weighted by Gasteiger charge is 2.28. The molecular formula is C12H17ClN2O2. The van der Waals surface area contributed by atoms with E-state index in [-0.39, 0.29) is 12.7 Å². The molecule has 1 N–H and O–H groups in total. The fourth-order valence-corrected chi connectivity index (χ4v) is 2.34. The Bertz CT molecular complexity index is 400. The molecule has 4 nitrogen and oxygen atoms in total. The molecule has 2 atom stereocenters. The first-order valence-electron chi connectivity index (χ1n) is 5.74. The van der Waals surface area contributed by atoms with E-state index in [1.165, 1.54) is 0 Å². The molecule has 1 aromatic heterocycles. The monoisotopic (exact) mass is 256 g/mol. The Morgan fingerprint density at radius 1 is 1.59 bits per heavy atom. The summed E-state index contributed by atoms with van der Waals surface area (Å²) in [6, 6.07) is 3.97. The van der Waals surface area contributed by atoms with Crippen molar-refractivity contribution in [3.8, 4) is 0 Å². The molecule has 0 aromatic carbocycles. The number of hydrogen-bond donors (Lipinski definition) is 1.